The van der Waals surface area contributed by atoms with Gasteiger partial charge in [0.05, 0.1) is 26.4 Å². The summed E-state index contributed by atoms with van der Waals surface area (Å²) in [6.07, 6.45) is 0. The number of thiophene rings is 1. The van der Waals surface area contributed by atoms with Crippen LogP contribution in [0.1, 0.15) is 9.75 Å². The van der Waals surface area contributed by atoms with Crippen molar-refractivity contribution in [1.29, 1.82) is 0 Å². The zero-order valence-electron chi connectivity index (χ0n) is 11.9. The van der Waals surface area contributed by atoms with Gasteiger partial charge in [-0.1, -0.05) is 0 Å². The highest BCUT2D eigenvalue weighted by Gasteiger charge is 1.99. The second-order valence-electron chi connectivity index (χ2n) is 3.97. The number of hydrogen-bond donors (Lipinski definition) is 2. The molecule has 2 N–H and O–H groups in total. The molecule has 1 rings (SSSR count). The summed E-state index contributed by atoms with van der Waals surface area (Å²) < 4.78 is 10.3. The van der Waals surface area contributed by atoms with E-state index < -0.39 is 0 Å². The summed E-state index contributed by atoms with van der Waals surface area (Å²) in [6.45, 7) is 5.53. The lowest BCUT2D eigenvalue weighted by molar-refractivity contribution is 0.0733. The fraction of sp³-hybridized carbons (Fsp3) is 0.615. The Morgan fingerprint density at radius 3 is 2.74 bits per heavy atom. The van der Waals surface area contributed by atoms with Crippen molar-refractivity contribution in [3.63, 3.8) is 0 Å². The number of rotatable bonds is 8. The van der Waals surface area contributed by atoms with Crippen LogP contribution in [0.3, 0.4) is 0 Å². The number of methoxy groups -OCH3 is 1. The van der Waals surface area contributed by atoms with E-state index in [2.05, 4.69) is 34.7 Å². The van der Waals surface area contributed by atoms with E-state index in [1.54, 1.807) is 25.5 Å². The number of ether oxygens (including phenoxy) is 2. The average molecular weight is 285 g/mol. The van der Waals surface area contributed by atoms with Crippen molar-refractivity contribution in [3.8, 4) is 0 Å². The van der Waals surface area contributed by atoms with Gasteiger partial charge in [0.2, 0.25) is 0 Å². The average Bonchev–Trinajstić information content (AvgIpc) is 2.83. The summed E-state index contributed by atoms with van der Waals surface area (Å²) >= 11 is 1.79. The van der Waals surface area contributed by atoms with Crippen LogP contribution in [0.4, 0.5) is 0 Å². The van der Waals surface area contributed by atoms with Crippen molar-refractivity contribution in [2.75, 3.05) is 40.5 Å². The normalized spacial score (nSPS) is 11.6. The fourth-order valence-electron chi connectivity index (χ4n) is 1.46. The van der Waals surface area contributed by atoms with E-state index in [0.717, 1.165) is 19.0 Å². The number of hydrogen-bond acceptors (Lipinski definition) is 4. The van der Waals surface area contributed by atoms with Gasteiger partial charge in [0, 0.05) is 30.5 Å². The van der Waals surface area contributed by atoms with Crippen LogP contribution in [0.25, 0.3) is 0 Å². The number of aliphatic imine (C=N–C) groups is 1. The fourth-order valence-corrected chi connectivity index (χ4v) is 2.29. The Labute approximate surface area is 119 Å². The molecule has 0 saturated heterocycles. The summed E-state index contributed by atoms with van der Waals surface area (Å²) in [5.41, 5.74) is 0. The van der Waals surface area contributed by atoms with Crippen molar-refractivity contribution in [1.82, 2.24) is 10.6 Å². The van der Waals surface area contributed by atoms with Crippen LogP contribution in [0.5, 0.6) is 0 Å². The first-order valence-corrected chi connectivity index (χ1v) is 7.14. The second-order valence-corrected chi connectivity index (χ2v) is 5.34. The molecule has 6 heteroatoms. The predicted molar refractivity (Wildman–Crippen MR) is 80.0 cm³/mol. The maximum Gasteiger partial charge on any atom is 0.191 e. The molecule has 1 aromatic heterocycles. The maximum absolute atomic E-state index is 5.37. The van der Waals surface area contributed by atoms with Crippen molar-refractivity contribution < 1.29 is 9.47 Å². The van der Waals surface area contributed by atoms with Gasteiger partial charge in [-0.3, -0.25) is 4.99 Å². The molecule has 0 bridgehead atoms. The molecule has 0 amide bonds. The summed E-state index contributed by atoms with van der Waals surface area (Å²) in [7, 11) is 3.43. The van der Waals surface area contributed by atoms with E-state index >= 15 is 0 Å². The first-order valence-electron chi connectivity index (χ1n) is 6.32. The largest absolute Gasteiger partial charge is 0.382 e. The number of guanidine groups is 1. The molecule has 0 aromatic carbocycles. The standard InChI is InChI=1S/C13H23N3O2S/c1-11-4-5-12(19-11)10-16-13(14-2)15-6-7-18-9-8-17-3/h4-5H,6-10H2,1-3H3,(H2,14,15,16). The van der Waals surface area contributed by atoms with Crippen LogP contribution in [0.15, 0.2) is 17.1 Å². The number of aryl methyl sites for hydroxylation is 1. The lowest BCUT2D eigenvalue weighted by atomic mass is 10.4. The van der Waals surface area contributed by atoms with Crippen molar-refractivity contribution in [2.24, 2.45) is 4.99 Å². The van der Waals surface area contributed by atoms with Gasteiger partial charge in [-0.2, -0.15) is 0 Å². The third-order valence-corrected chi connectivity index (χ3v) is 3.42. The van der Waals surface area contributed by atoms with Gasteiger partial charge in [-0.15, -0.1) is 11.3 Å². The summed E-state index contributed by atoms with van der Waals surface area (Å²) in [5, 5.41) is 6.47. The third-order valence-electron chi connectivity index (χ3n) is 2.42. The minimum absolute atomic E-state index is 0.624. The number of nitrogens with zero attached hydrogens (tertiary/aromatic N) is 1. The smallest absolute Gasteiger partial charge is 0.191 e. The molecule has 0 spiro atoms. The van der Waals surface area contributed by atoms with E-state index in [0.29, 0.717) is 19.8 Å². The molecule has 0 unspecified atom stereocenters. The van der Waals surface area contributed by atoms with Crippen LogP contribution in [-0.2, 0) is 16.0 Å². The van der Waals surface area contributed by atoms with Crippen LogP contribution < -0.4 is 10.6 Å². The summed E-state index contributed by atoms with van der Waals surface area (Å²) in [4.78, 5) is 6.79. The van der Waals surface area contributed by atoms with Crippen molar-refractivity contribution >= 4 is 17.3 Å². The molecule has 1 aromatic rings. The van der Waals surface area contributed by atoms with Gasteiger partial charge < -0.3 is 20.1 Å². The Morgan fingerprint density at radius 1 is 1.26 bits per heavy atom. The molecule has 19 heavy (non-hydrogen) atoms. The molecule has 0 aliphatic heterocycles. The van der Waals surface area contributed by atoms with Crippen LogP contribution in [0.2, 0.25) is 0 Å². The molecule has 0 aliphatic rings. The van der Waals surface area contributed by atoms with E-state index in [1.165, 1.54) is 9.75 Å². The molecule has 108 valence electrons. The Bertz CT molecular complexity index is 380. The lowest BCUT2D eigenvalue weighted by Crippen LogP contribution is -2.38. The molecule has 0 aliphatic carbocycles. The van der Waals surface area contributed by atoms with Gasteiger partial charge in [0.25, 0.3) is 0 Å². The SMILES string of the molecule is CN=C(NCCOCCOC)NCc1ccc(C)s1. The molecule has 1 heterocycles. The minimum Gasteiger partial charge on any atom is -0.382 e. The van der Waals surface area contributed by atoms with Crippen LogP contribution in [-0.4, -0.2) is 46.5 Å². The molecular weight excluding hydrogens is 262 g/mol. The molecule has 0 saturated carbocycles. The van der Waals surface area contributed by atoms with Gasteiger partial charge in [-0.25, -0.2) is 0 Å². The highest BCUT2D eigenvalue weighted by Crippen LogP contribution is 2.14. The molecule has 0 fully saturated rings. The van der Waals surface area contributed by atoms with E-state index in [4.69, 9.17) is 9.47 Å². The van der Waals surface area contributed by atoms with Crippen molar-refractivity contribution in [2.45, 2.75) is 13.5 Å². The Kier molecular flexibility index (Phi) is 8.20. The molecule has 5 nitrogen and oxygen atoms in total. The third kappa shape index (κ3) is 7.15. The monoisotopic (exact) mass is 285 g/mol. The quantitative estimate of drug-likeness (QED) is 0.430. The predicted octanol–water partition coefficient (Wildman–Crippen LogP) is 1.38. The van der Waals surface area contributed by atoms with Crippen LogP contribution in [0, 0.1) is 6.92 Å². The van der Waals surface area contributed by atoms with Gasteiger partial charge in [-0.05, 0) is 19.1 Å². The topological polar surface area (TPSA) is 54.9 Å². The van der Waals surface area contributed by atoms with E-state index in [-0.39, 0.29) is 0 Å². The maximum atomic E-state index is 5.37. The minimum atomic E-state index is 0.624. The number of nitrogens with one attached hydrogen (secondary N) is 2. The zero-order valence-corrected chi connectivity index (χ0v) is 12.7. The molecule has 0 atom stereocenters. The Hall–Kier alpha value is -1.11. The first kappa shape index (κ1) is 15.9. The molecule has 0 radical (unpaired) electrons. The summed E-state index contributed by atoms with van der Waals surface area (Å²) in [5.74, 6) is 0.793. The van der Waals surface area contributed by atoms with Gasteiger partial charge >= 0.3 is 0 Å². The van der Waals surface area contributed by atoms with E-state index in [9.17, 15) is 0 Å². The Balaban J connectivity index is 2.12. The highest BCUT2D eigenvalue weighted by atomic mass is 32.1. The highest BCUT2D eigenvalue weighted by molar-refractivity contribution is 7.11. The van der Waals surface area contributed by atoms with Gasteiger partial charge in [0.1, 0.15) is 0 Å². The zero-order chi connectivity index (χ0) is 13.9. The summed E-state index contributed by atoms with van der Waals surface area (Å²) in [6, 6.07) is 4.26. The Morgan fingerprint density at radius 2 is 2.11 bits per heavy atom. The first-order chi connectivity index (χ1) is 9.26. The van der Waals surface area contributed by atoms with Crippen molar-refractivity contribution in [3.05, 3.63) is 21.9 Å². The molecular formula is C13H23N3O2S. The second kappa shape index (κ2) is 9.77. The van der Waals surface area contributed by atoms with Crippen LogP contribution >= 0.6 is 11.3 Å². The van der Waals surface area contributed by atoms with Gasteiger partial charge in [0.15, 0.2) is 5.96 Å². The van der Waals surface area contributed by atoms with E-state index in [1.807, 2.05) is 0 Å². The lowest BCUT2D eigenvalue weighted by Gasteiger charge is -2.11.